The lowest BCUT2D eigenvalue weighted by Crippen LogP contribution is -2.11. The van der Waals surface area contributed by atoms with Crippen LogP contribution in [0.3, 0.4) is 0 Å². The molecule has 0 saturated heterocycles. The first-order valence-corrected chi connectivity index (χ1v) is 11.0. The molecule has 0 aromatic heterocycles. The SMILES string of the molecule is Nc1cc(N)cc(C(=O)Oc2ccc(C(=O)Oc3ccc(C=CC(=O)c4ccccc4)cc3)cc2)c1. The van der Waals surface area contributed by atoms with E-state index in [1.165, 1.54) is 48.5 Å². The summed E-state index contributed by atoms with van der Waals surface area (Å²) >= 11 is 0. The number of ketones is 1. The molecule has 0 spiro atoms. The number of ether oxygens (including phenoxy) is 2. The molecule has 0 aliphatic rings. The highest BCUT2D eigenvalue weighted by Crippen LogP contribution is 2.20. The van der Waals surface area contributed by atoms with Gasteiger partial charge in [0.15, 0.2) is 5.78 Å². The predicted molar refractivity (Wildman–Crippen MR) is 138 cm³/mol. The Bertz CT molecular complexity index is 1410. The second-order valence-corrected chi connectivity index (χ2v) is 7.82. The van der Waals surface area contributed by atoms with E-state index in [1.54, 1.807) is 42.5 Å². The monoisotopic (exact) mass is 478 g/mol. The van der Waals surface area contributed by atoms with E-state index in [1.807, 2.05) is 18.2 Å². The summed E-state index contributed by atoms with van der Waals surface area (Å²) in [6, 6.07) is 26.1. The molecule has 0 aliphatic heterocycles. The Morgan fingerprint density at radius 3 is 1.69 bits per heavy atom. The maximum atomic E-state index is 12.5. The van der Waals surface area contributed by atoms with Gasteiger partial charge in [-0.1, -0.05) is 48.5 Å². The van der Waals surface area contributed by atoms with E-state index in [4.69, 9.17) is 20.9 Å². The van der Waals surface area contributed by atoms with Gasteiger partial charge in [0.25, 0.3) is 0 Å². The summed E-state index contributed by atoms with van der Waals surface area (Å²) in [5.41, 5.74) is 14.0. The van der Waals surface area contributed by atoms with Crippen molar-refractivity contribution in [1.29, 1.82) is 0 Å². The molecule has 0 unspecified atom stereocenters. The molecule has 0 fully saturated rings. The standard InChI is InChI=1S/C29H22N2O5/c30-23-16-22(17-24(31)18-23)29(34)36-26-13-9-21(10-14-26)28(33)35-25-11-6-19(7-12-25)8-15-27(32)20-4-2-1-3-5-20/h1-18H,30-31H2. The van der Waals surface area contributed by atoms with Crippen molar-refractivity contribution in [3.8, 4) is 11.5 Å². The molecule has 0 aliphatic carbocycles. The van der Waals surface area contributed by atoms with Crippen molar-refractivity contribution < 1.29 is 23.9 Å². The van der Waals surface area contributed by atoms with Gasteiger partial charge in [-0.2, -0.15) is 0 Å². The van der Waals surface area contributed by atoms with E-state index in [0.717, 1.165) is 5.56 Å². The van der Waals surface area contributed by atoms with Gasteiger partial charge in [0.2, 0.25) is 0 Å². The number of hydrogen-bond acceptors (Lipinski definition) is 7. The maximum absolute atomic E-state index is 12.5. The Morgan fingerprint density at radius 2 is 1.11 bits per heavy atom. The van der Waals surface area contributed by atoms with Crippen molar-refractivity contribution in [3.63, 3.8) is 0 Å². The Morgan fingerprint density at radius 1 is 0.583 bits per heavy atom. The fraction of sp³-hybridized carbons (Fsp3) is 0. The second-order valence-electron chi connectivity index (χ2n) is 7.82. The van der Waals surface area contributed by atoms with Crippen LogP contribution < -0.4 is 20.9 Å². The molecule has 4 N–H and O–H groups in total. The molecule has 4 aromatic rings. The summed E-state index contributed by atoms with van der Waals surface area (Å²) < 4.78 is 10.7. The van der Waals surface area contributed by atoms with Crippen molar-refractivity contribution in [2.24, 2.45) is 0 Å². The first-order valence-electron chi connectivity index (χ1n) is 11.0. The summed E-state index contributed by atoms with van der Waals surface area (Å²) in [5, 5.41) is 0. The normalized spacial score (nSPS) is 10.7. The van der Waals surface area contributed by atoms with Crippen LogP contribution in [0.4, 0.5) is 11.4 Å². The summed E-state index contributed by atoms with van der Waals surface area (Å²) in [7, 11) is 0. The summed E-state index contributed by atoms with van der Waals surface area (Å²) in [6.45, 7) is 0. The smallest absolute Gasteiger partial charge is 0.343 e. The molecule has 7 heteroatoms. The summed E-state index contributed by atoms with van der Waals surface area (Å²) in [5.74, 6) is -0.694. The molecule has 7 nitrogen and oxygen atoms in total. The number of hydrogen-bond donors (Lipinski definition) is 2. The minimum absolute atomic E-state index is 0.0998. The predicted octanol–water partition coefficient (Wildman–Crippen LogP) is 5.19. The molecule has 4 rings (SSSR count). The molecule has 4 aromatic carbocycles. The van der Waals surface area contributed by atoms with Crippen LogP contribution in [0.2, 0.25) is 0 Å². The maximum Gasteiger partial charge on any atom is 0.343 e. The minimum atomic E-state index is -0.621. The molecule has 0 bridgehead atoms. The molecule has 0 atom stereocenters. The van der Waals surface area contributed by atoms with E-state index >= 15 is 0 Å². The van der Waals surface area contributed by atoms with E-state index in [0.29, 0.717) is 22.7 Å². The van der Waals surface area contributed by atoms with Crippen LogP contribution in [-0.4, -0.2) is 17.7 Å². The minimum Gasteiger partial charge on any atom is -0.423 e. The third-order valence-corrected chi connectivity index (χ3v) is 5.09. The second kappa shape index (κ2) is 10.8. The Balaban J connectivity index is 1.34. The highest BCUT2D eigenvalue weighted by molar-refractivity contribution is 6.06. The van der Waals surface area contributed by atoms with Crippen molar-refractivity contribution in [2.75, 3.05) is 11.5 Å². The van der Waals surface area contributed by atoms with E-state index < -0.39 is 11.9 Å². The average molecular weight is 479 g/mol. The lowest BCUT2D eigenvalue weighted by molar-refractivity contribution is 0.0730. The van der Waals surface area contributed by atoms with Crippen LogP contribution in [0.15, 0.2) is 103 Å². The number of esters is 2. The number of benzene rings is 4. The van der Waals surface area contributed by atoms with Gasteiger partial charge in [-0.05, 0) is 66.2 Å². The topological polar surface area (TPSA) is 122 Å². The van der Waals surface area contributed by atoms with Gasteiger partial charge in [0, 0.05) is 16.9 Å². The Labute approximate surface area is 207 Å². The van der Waals surface area contributed by atoms with E-state index in [2.05, 4.69) is 0 Å². The van der Waals surface area contributed by atoms with E-state index in [9.17, 15) is 14.4 Å². The van der Waals surface area contributed by atoms with Gasteiger partial charge < -0.3 is 20.9 Å². The van der Waals surface area contributed by atoms with Gasteiger partial charge in [0.1, 0.15) is 11.5 Å². The summed E-state index contributed by atoms with van der Waals surface area (Å²) in [4.78, 5) is 37.0. The number of nitrogens with two attached hydrogens (primary N) is 2. The fourth-order valence-corrected chi connectivity index (χ4v) is 3.30. The van der Waals surface area contributed by atoms with Crippen molar-refractivity contribution in [1.82, 2.24) is 0 Å². The third kappa shape index (κ3) is 6.24. The lowest BCUT2D eigenvalue weighted by Gasteiger charge is -2.08. The van der Waals surface area contributed by atoms with Crippen molar-refractivity contribution in [3.05, 3.63) is 125 Å². The number of carbonyl (C=O) groups excluding carboxylic acids is 3. The first kappa shape index (κ1) is 24.0. The molecular weight excluding hydrogens is 456 g/mol. The van der Waals surface area contributed by atoms with Crippen LogP contribution in [0.5, 0.6) is 11.5 Å². The lowest BCUT2D eigenvalue weighted by atomic mass is 10.1. The molecule has 0 saturated carbocycles. The van der Waals surface area contributed by atoms with Gasteiger partial charge >= 0.3 is 11.9 Å². The molecule has 178 valence electrons. The molecule has 36 heavy (non-hydrogen) atoms. The fourth-order valence-electron chi connectivity index (χ4n) is 3.30. The quantitative estimate of drug-likeness (QED) is 0.123. The number of nitrogen functional groups attached to an aromatic ring is 2. The van der Waals surface area contributed by atoms with Crippen molar-refractivity contribution >= 4 is 35.2 Å². The first-order chi connectivity index (χ1) is 17.4. The molecule has 0 radical (unpaired) electrons. The van der Waals surface area contributed by atoms with Crippen LogP contribution in [0.1, 0.15) is 36.6 Å². The number of allylic oxidation sites excluding steroid dienone is 1. The Hall–Kier alpha value is -5.17. The zero-order valence-corrected chi connectivity index (χ0v) is 19.1. The van der Waals surface area contributed by atoms with Gasteiger partial charge in [-0.15, -0.1) is 0 Å². The van der Waals surface area contributed by atoms with Crippen molar-refractivity contribution in [2.45, 2.75) is 0 Å². The number of rotatable bonds is 7. The Kier molecular flexibility index (Phi) is 7.22. The van der Waals surface area contributed by atoms with Crippen LogP contribution >= 0.6 is 0 Å². The molecule has 0 amide bonds. The van der Waals surface area contributed by atoms with Gasteiger partial charge in [-0.25, -0.2) is 9.59 Å². The number of carbonyl (C=O) groups is 3. The van der Waals surface area contributed by atoms with Gasteiger partial charge in [0.05, 0.1) is 11.1 Å². The van der Waals surface area contributed by atoms with Gasteiger partial charge in [-0.3, -0.25) is 4.79 Å². The zero-order chi connectivity index (χ0) is 25.5. The van der Waals surface area contributed by atoms with Crippen LogP contribution in [-0.2, 0) is 0 Å². The number of anilines is 2. The average Bonchev–Trinajstić information content (AvgIpc) is 2.88. The van der Waals surface area contributed by atoms with E-state index in [-0.39, 0.29) is 22.7 Å². The zero-order valence-electron chi connectivity index (χ0n) is 19.1. The summed E-state index contributed by atoms with van der Waals surface area (Å²) in [6.07, 6.45) is 3.19. The highest BCUT2D eigenvalue weighted by Gasteiger charge is 2.13. The third-order valence-electron chi connectivity index (χ3n) is 5.09. The van der Waals surface area contributed by atoms with Crippen LogP contribution in [0.25, 0.3) is 6.08 Å². The van der Waals surface area contributed by atoms with Crippen LogP contribution in [0, 0.1) is 0 Å². The molecule has 0 heterocycles. The molecular formula is C29H22N2O5. The largest absolute Gasteiger partial charge is 0.423 e. The highest BCUT2D eigenvalue weighted by atomic mass is 16.5.